The fourth-order valence-corrected chi connectivity index (χ4v) is 5.64. The first kappa shape index (κ1) is 20.9. The summed E-state index contributed by atoms with van der Waals surface area (Å²) in [7, 11) is 1.47. The molecule has 0 bridgehead atoms. The number of benzene rings is 2. The molecule has 1 N–H and O–H groups in total. The van der Waals surface area contributed by atoms with Gasteiger partial charge in [0.05, 0.1) is 13.0 Å². The summed E-state index contributed by atoms with van der Waals surface area (Å²) in [5.74, 6) is 1.55. The Morgan fingerprint density at radius 3 is 2.27 bits per heavy atom. The number of ether oxygens (including phenoxy) is 1. The molecule has 4 nitrogen and oxygen atoms in total. The van der Waals surface area contributed by atoms with Gasteiger partial charge in [-0.2, -0.15) is 0 Å². The van der Waals surface area contributed by atoms with Gasteiger partial charge in [-0.25, -0.2) is 0 Å². The topological polar surface area (TPSA) is 55.4 Å². The number of halogens is 1. The van der Waals surface area contributed by atoms with Gasteiger partial charge in [0.15, 0.2) is 0 Å². The maximum Gasteiger partial charge on any atom is 0.313 e. The molecular formula is C25H28ClNO3. The van der Waals surface area contributed by atoms with Crippen LogP contribution in [0.3, 0.4) is 0 Å². The van der Waals surface area contributed by atoms with Gasteiger partial charge in [-0.15, -0.1) is 0 Å². The zero-order valence-corrected chi connectivity index (χ0v) is 18.1. The summed E-state index contributed by atoms with van der Waals surface area (Å²) >= 11 is 5.93. The van der Waals surface area contributed by atoms with Gasteiger partial charge in [-0.05, 0) is 72.8 Å². The summed E-state index contributed by atoms with van der Waals surface area (Å²) in [6.45, 7) is 2.12. The summed E-state index contributed by atoms with van der Waals surface area (Å²) in [4.78, 5) is 25.2. The molecular weight excluding hydrogens is 398 g/mol. The highest BCUT2D eigenvalue weighted by atomic mass is 35.5. The van der Waals surface area contributed by atoms with Crippen molar-refractivity contribution in [3.05, 3.63) is 70.7 Å². The van der Waals surface area contributed by atoms with Gasteiger partial charge < -0.3 is 10.1 Å². The van der Waals surface area contributed by atoms with E-state index in [2.05, 4.69) is 12.2 Å². The van der Waals surface area contributed by atoms with E-state index in [9.17, 15) is 9.59 Å². The van der Waals surface area contributed by atoms with E-state index in [1.165, 1.54) is 7.11 Å². The van der Waals surface area contributed by atoms with E-state index in [0.29, 0.717) is 34.3 Å². The second kappa shape index (κ2) is 8.81. The minimum atomic E-state index is -0.201. The average molecular weight is 426 g/mol. The standard InChI is InChI=1S/C25H28ClNO3/c1-3-21(27-24(28)16-9-11-18(26)12-10-16)23-19-13-17(14-20(19)23)22(25(29)30-2)15-7-5-4-6-8-15/h4-12,17,19-23H,3,13-14H2,1-2H3,(H,27,28)/t17-,19-,20+,21?,22?,23+. The van der Waals surface area contributed by atoms with Crippen molar-refractivity contribution >= 4 is 23.5 Å². The molecule has 0 aromatic heterocycles. The molecule has 6 atom stereocenters. The highest BCUT2D eigenvalue weighted by Gasteiger charge is 2.60. The zero-order valence-electron chi connectivity index (χ0n) is 17.4. The van der Waals surface area contributed by atoms with Crippen molar-refractivity contribution < 1.29 is 14.3 Å². The monoisotopic (exact) mass is 425 g/mol. The summed E-state index contributed by atoms with van der Waals surface area (Å²) in [5, 5.41) is 3.85. The maximum atomic E-state index is 12.6. The van der Waals surface area contributed by atoms with Gasteiger partial charge in [0, 0.05) is 16.6 Å². The lowest BCUT2D eigenvalue weighted by Crippen LogP contribution is -2.37. The molecule has 1 amide bonds. The highest BCUT2D eigenvalue weighted by molar-refractivity contribution is 6.30. The molecule has 2 unspecified atom stereocenters. The third-order valence-electron chi connectivity index (χ3n) is 6.96. The number of esters is 1. The number of fused-ring (bicyclic) bond motifs is 1. The molecule has 5 heteroatoms. The number of rotatable bonds is 7. The van der Waals surface area contributed by atoms with Crippen molar-refractivity contribution in [1.82, 2.24) is 5.32 Å². The minimum Gasteiger partial charge on any atom is -0.469 e. The molecule has 2 aliphatic carbocycles. The van der Waals surface area contributed by atoms with Gasteiger partial charge in [-0.1, -0.05) is 48.9 Å². The van der Waals surface area contributed by atoms with Crippen molar-refractivity contribution in [3.63, 3.8) is 0 Å². The largest absolute Gasteiger partial charge is 0.469 e. The Kier molecular flexibility index (Phi) is 6.14. The Morgan fingerprint density at radius 1 is 1.07 bits per heavy atom. The van der Waals surface area contributed by atoms with Crippen molar-refractivity contribution in [2.45, 2.75) is 38.1 Å². The van der Waals surface area contributed by atoms with E-state index in [-0.39, 0.29) is 23.8 Å². The fourth-order valence-electron chi connectivity index (χ4n) is 5.51. The van der Waals surface area contributed by atoms with E-state index >= 15 is 0 Å². The fraction of sp³-hybridized carbons (Fsp3) is 0.440. The van der Waals surface area contributed by atoms with Crippen LogP contribution in [0, 0.1) is 23.7 Å². The van der Waals surface area contributed by atoms with Gasteiger partial charge in [0.25, 0.3) is 5.91 Å². The Hall–Kier alpha value is -2.33. The van der Waals surface area contributed by atoms with Gasteiger partial charge >= 0.3 is 5.97 Å². The van der Waals surface area contributed by atoms with E-state index < -0.39 is 0 Å². The van der Waals surface area contributed by atoms with Crippen molar-refractivity contribution in [2.24, 2.45) is 23.7 Å². The molecule has 0 spiro atoms. The molecule has 2 aromatic rings. The Labute approximate surface area is 183 Å². The molecule has 4 rings (SSSR count). The van der Waals surface area contributed by atoms with Crippen LogP contribution in [0.4, 0.5) is 0 Å². The predicted octanol–water partition coefficient (Wildman–Crippen LogP) is 5.08. The van der Waals surface area contributed by atoms with Crippen LogP contribution in [0.1, 0.15) is 48.0 Å². The van der Waals surface area contributed by atoms with E-state index in [1.807, 2.05) is 30.3 Å². The summed E-state index contributed by atoms with van der Waals surface area (Å²) in [6.07, 6.45) is 2.93. The number of hydrogen-bond donors (Lipinski definition) is 1. The SMILES string of the molecule is CCC(NC(=O)c1ccc(Cl)cc1)[C@H]1[C@@H]2C[C@@H](C(C(=O)OC)c3ccccc3)C[C@@H]21. The van der Waals surface area contributed by atoms with E-state index in [4.69, 9.17) is 16.3 Å². The highest BCUT2D eigenvalue weighted by Crippen LogP contribution is 2.63. The van der Waals surface area contributed by atoms with Crippen LogP contribution >= 0.6 is 11.6 Å². The van der Waals surface area contributed by atoms with Crippen LogP contribution < -0.4 is 5.32 Å². The summed E-state index contributed by atoms with van der Waals surface area (Å²) < 4.78 is 5.13. The zero-order chi connectivity index (χ0) is 21.3. The van der Waals surface area contributed by atoms with Gasteiger partial charge in [0.1, 0.15) is 0 Å². The number of carbonyl (C=O) groups excluding carboxylic acids is 2. The molecule has 30 heavy (non-hydrogen) atoms. The number of methoxy groups -OCH3 is 1. The van der Waals surface area contributed by atoms with E-state index in [0.717, 1.165) is 24.8 Å². The average Bonchev–Trinajstić information content (AvgIpc) is 3.25. The van der Waals surface area contributed by atoms with Crippen LogP contribution in [0.2, 0.25) is 5.02 Å². The smallest absolute Gasteiger partial charge is 0.313 e. The first-order valence-electron chi connectivity index (χ1n) is 10.7. The second-order valence-electron chi connectivity index (χ2n) is 8.54. The van der Waals surface area contributed by atoms with Crippen molar-refractivity contribution in [2.75, 3.05) is 7.11 Å². The lowest BCUT2D eigenvalue weighted by molar-refractivity contribution is -0.144. The lowest BCUT2D eigenvalue weighted by atomic mass is 9.81. The normalized spacial score (nSPS) is 26.4. The second-order valence-corrected chi connectivity index (χ2v) is 8.98. The van der Waals surface area contributed by atoms with Crippen LogP contribution in [0.15, 0.2) is 54.6 Å². The van der Waals surface area contributed by atoms with Crippen molar-refractivity contribution in [1.29, 1.82) is 0 Å². The summed E-state index contributed by atoms with van der Waals surface area (Å²) in [6, 6.07) is 17.1. The molecule has 2 aromatic carbocycles. The predicted molar refractivity (Wildman–Crippen MR) is 117 cm³/mol. The molecule has 2 fully saturated rings. The third-order valence-corrected chi connectivity index (χ3v) is 7.21. The summed E-state index contributed by atoms with van der Waals surface area (Å²) in [5.41, 5.74) is 1.67. The molecule has 158 valence electrons. The van der Waals surface area contributed by atoms with Crippen molar-refractivity contribution in [3.8, 4) is 0 Å². The minimum absolute atomic E-state index is 0.0447. The third kappa shape index (κ3) is 4.11. The number of hydrogen-bond acceptors (Lipinski definition) is 3. The van der Waals surface area contributed by atoms with Crippen LogP contribution in [-0.4, -0.2) is 25.0 Å². The first-order chi connectivity index (χ1) is 14.5. The molecule has 0 heterocycles. The number of carbonyl (C=O) groups is 2. The van der Waals surface area contributed by atoms with Crippen LogP contribution in [0.5, 0.6) is 0 Å². The molecule has 0 radical (unpaired) electrons. The van der Waals surface area contributed by atoms with Crippen LogP contribution in [0.25, 0.3) is 0 Å². The number of amides is 1. The lowest BCUT2D eigenvalue weighted by Gasteiger charge is -2.26. The van der Waals surface area contributed by atoms with Crippen LogP contribution in [-0.2, 0) is 9.53 Å². The Bertz CT molecular complexity index is 886. The van der Waals surface area contributed by atoms with Gasteiger partial charge in [0.2, 0.25) is 0 Å². The Morgan fingerprint density at radius 2 is 1.70 bits per heavy atom. The molecule has 0 aliphatic heterocycles. The molecule has 2 saturated carbocycles. The molecule has 0 saturated heterocycles. The quantitative estimate of drug-likeness (QED) is 0.629. The maximum absolute atomic E-state index is 12.6. The van der Waals surface area contributed by atoms with Gasteiger partial charge in [-0.3, -0.25) is 9.59 Å². The molecule has 2 aliphatic rings. The Balaban J connectivity index is 1.40. The number of nitrogens with one attached hydrogen (secondary N) is 1. The van der Waals surface area contributed by atoms with E-state index in [1.54, 1.807) is 24.3 Å². The first-order valence-corrected chi connectivity index (χ1v) is 11.1.